The van der Waals surface area contributed by atoms with Gasteiger partial charge in [-0.2, -0.15) is 0 Å². The Labute approximate surface area is 116 Å². The van der Waals surface area contributed by atoms with E-state index in [1.54, 1.807) is 6.20 Å². The molecule has 0 radical (unpaired) electrons. The van der Waals surface area contributed by atoms with Gasteiger partial charge in [0.2, 0.25) is 0 Å². The van der Waals surface area contributed by atoms with Crippen LogP contribution in [0.5, 0.6) is 5.75 Å². The first-order valence-corrected chi connectivity index (χ1v) is 7.49. The standard InChI is InChI=1S/C16H26N2O/c1-4-19-15-9-14(10-18-11-15)16(17-3)13-7-5-6-12(2)8-13/h9-13,16-17H,4-8H2,1-3H3. The molecule has 1 fully saturated rings. The summed E-state index contributed by atoms with van der Waals surface area (Å²) in [5.74, 6) is 2.44. The molecule has 2 rings (SSSR count). The normalized spacial score (nSPS) is 25.0. The minimum atomic E-state index is 0.399. The summed E-state index contributed by atoms with van der Waals surface area (Å²) in [4.78, 5) is 4.32. The first kappa shape index (κ1) is 14.3. The van der Waals surface area contributed by atoms with Crippen LogP contribution >= 0.6 is 0 Å². The van der Waals surface area contributed by atoms with Gasteiger partial charge in [-0.15, -0.1) is 0 Å². The number of nitrogens with zero attached hydrogens (tertiary/aromatic N) is 1. The first-order valence-electron chi connectivity index (χ1n) is 7.49. The molecule has 0 aliphatic heterocycles. The highest BCUT2D eigenvalue weighted by Gasteiger charge is 2.27. The van der Waals surface area contributed by atoms with Crippen LogP contribution in [0.25, 0.3) is 0 Å². The number of ether oxygens (including phenoxy) is 1. The molecule has 1 aliphatic carbocycles. The van der Waals surface area contributed by atoms with Crippen molar-refractivity contribution in [3.63, 3.8) is 0 Å². The fourth-order valence-corrected chi connectivity index (χ4v) is 3.31. The van der Waals surface area contributed by atoms with Crippen LogP contribution in [0, 0.1) is 11.8 Å². The predicted molar refractivity (Wildman–Crippen MR) is 78.3 cm³/mol. The van der Waals surface area contributed by atoms with Gasteiger partial charge in [-0.05, 0) is 50.3 Å². The fraction of sp³-hybridized carbons (Fsp3) is 0.688. The van der Waals surface area contributed by atoms with Gasteiger partial charge in [0.05, 0.1) is 12.8 Å². The fourth-order valence-electron chi connectivity index (χ4n) is 3.31. The molecule has 3 heteroatoms. The Kier molecular flexibility index (Phi) is 5.20. The van der Waals surface area contributed by atoms with E-state index in [1.165, 1.54) is 31.2 Å². The van der Waals surface area contributed by atoms with Crippen LogP contribution < -0.4 is 10.1 Å². The van der Waals surface area contributed by atoms with E-state index in [4.69, 9.17) is 4.74 Å². The Hall–Kier alpha value is -1.09. The van der Waals surface area contributed by atoms with E-state index in [9.17, 15) is 0 Å². The lowest BCUT2D eigenvalue weighted by Crippen LogP contribution is -2.29. The van der Waals surface area contributed by atoms with Crippen LogP contribution in [0.4, 0.5) is 0 Å². The summed E-state index contributed by atoms with van der Waals surface area (Å²) in [6.07, 6.45) is 9.12. The van der Waals surface area contributed by atoms with Crippen LogP contribution in [0.3, 0.4) is 0 Å². The highest BCUT2D eigenvalue weighted by atomic mass is 16.5. The van der Waals surface area contributed by atoms with Gasteiger partial charge in [-0.1, -0.05) is 19.8 Å². The average Bonchev–Trinajstić information content (AvgIpc) is 2.41. The molecule has 0 aromatic carbocycles. The maximum Gasteiger partial charge on any atom is 0.137 e. The molecule has 0 amide bonds. The van der Waals surface area contributed by atoms with Crippen LogP contribution in [-0.4, -0.2) is 18.6 Å². The third kappa shape index (κ3) is 3.69. The van der Waals surface area contributed by atoms with Crippen LogP contribution in [-0.2, 0) is 0 Å². The molecule has 3 atom stereocenters. The van der Waals surface area contributed by atoms with E-state index < -0.39 is 0 Å². The summed E-state index contributed by atoms with van der Waals surface area (Å²) in [5.41, 5.74) is 1.26. The van der Waals surface area contributed by atoms with Crippen molar-refractivity contribution < 1.29 is 4.74 Å². The number of pyridine rings is 1. The minimum Gasteiger partial charge on any atom is -0.492 e. The molecular formula is C16H26N2O. The smallest absolute Gasteiger partial charge is 0.137 e. The zero-order valence-corrected chi connectivity index (χ0v) is 12.4. The Morgan fingerprint density at radius 1 is 1.42 bits per heavy atom. The maximum atomic E-state index is 5.56. The van der Waals surface area contributed by atoms with Crippen LogP contribution in [0.15, 0.2) is 18.5 Å². The van der Waals surface area contributed by atoms with Gasteiger partial charge in [0.25, 0.3) is 0 Å². The van der Waals surface area contributed by atoms with Gasteiger partial charge < -0.3 is 10.1 Å². The Bertz CT molecular complexity index is 394. The van der Waals surface area contributed by atoms with Crippen molar-refractivity contribution in [2.45, 2.75) is 45.6 Å². The molecule has 0 saturated heterocycles. The van der Waals surface area contributed by atoms with Crippen molar-refractivity contribution in [3.8, 4) is 5.75 Å². The zero-order valence-electron chi connectivity index (χ0n) is 12.4. The van der Waals surface area contributed by atoms with Gasteiger partial charge in [0.1, 0.15) is 5.75 Å². The monoisotopic (exact) mass is 262 g/mol. The molecule has 19 heavy (non-hydrogen) atoms. The number of rotatable bonds is 5. The molecule has 1 aromatic heterocycles. The lowest BCUT2D eigenvalue weighted by atomic mass is 9.77. The van der Waals surface area contributed by atoms with Gasteiger partial charge in [0.15, 0.2) is 0 Å². The van der Waals surface area contributed by atoms with Crippen molar-refractivity contribution >= 4 is 0 Å². The molecule has 0 bridgehead atoms. The van der Waals surface area contributed by atoms with E-state index in [0.717, 1.165) is 11.7 Å². The van der Waals surface area contributed by atoms with E-state index in [0.29, 0.717) is 18.6 Å². The van der Waals surface area contributed by atoms with Gasteiger partial charge in [-0.25, -0.2) is 0 Å². The molecule has 1 saturated carbocycles. The van der Waals surface area contributed by atoms with Crippen molar-refractivity contribution in [2.24, 2.45) is 11.8 Å². The second kappa shape index (κ2) is 6.90. The summed E-state index contributed by atoms with van der Waals surface area (Å²) < 4.78 is 5.56. The number of aromatic nitrogens is 1. The number of nitrogens with one attached hydrogen (secondary N) is 1. The van der Waals surface area contributed by atoms with Gasteiger partial charge in [0, 0.05) is 12.2 Å². The lowest BCUT2D eigenvalue weighted by molar-refractivity contribution is 0.229. The predicted octanol–water partition coefficient (Wildman–Crippen LogP) is 3.57. The van der Waals surface area contributed by atoms with E-state index >= 15 is 0 Å². The summed E-state index contributed by atoms with van der Waals surface area (Å²) in [7, 11) is 2.05. The van der Waals surface area contributed by atoms with Crippen LogP contribution in [0.1, 0.15) is 51.1 Å². The molecule has 106 valence electrons. The summed E-state index contributed by atoms with van der Waals surface area (Å²) >= 11 is 0. The second-order valence-corrected chi connectivity index (χ2v) is 5.69. The zero-order chi connectivity index (χ0) is 13.7. The quantitative estimate of drug-likeness (QED) is 0.881. The molecule has 1 aliphatic rings. The lowest BCUT2D eigenvalue weighted by Gasteiger charge is -2.33. The molecule has 1 N–H and O–H groups in total. The van der Waals surface area contributed by atoms with E-state index in [1.807, 2.05) is 13.1 Å². The average molecular weight is 262 g/mol. The highest BCUT2D eigenvalue weighted by Crippen LogP contribution is 2.37. The summed E-state index contributed by atoms with van der Waals surface area (Å²) in [6.45, 7) is 5.06. The van der Waals surface area contributed by atoms with E-state index in [-0.39, 0.29) is 0 Å². The van der Waals surface area contributed by atoms with Crippen LogP contribution in [0.2, 0.25) is 0 Å². The third-order valence-electron chi connectivity index (χ3n) is 4.16. The largest absolute Gasteiger partial charge is 0.492 e. The second-order valence-electron chi connectivity index (χ2n) is 5.69. The molecule has 3 nitrogen and oxygen atoms in total. The highest BCUT2D eigenvalue weighted by molar-refractivity contribution is 5.26. The molecule has 1 aromatic rings. The SMILES string of the molecule is CCOc1cncc(C(NC)C2CCCC(C)C2)c1. The van der Waals surface area contributed by atoms with Crippen molar-refractivity contribution in [2.75, 3.05) is 13.7 Å². The molecule has 0 spiro atoms. The Balaban J connectivity index is 2.13. The Morgan fingerprint density at radius 3 is 2.95 bits per heavy atom. The minimum absolute atomic E-state index is 0.399. The molecular weight excluding hydrogens is 236 g/mol. The summed E-state index contributed by atoms with van der Waals surface area (Å²) in [5, 5.41) is 3.48. The molecule has 1 heterocycles. The van der Waals surface area contributed by atoms with Crippen molar-refractivity contribution in [1.29, 1.82) is 0 Å². The Morgan fingerprint density at radius 2 is 2.26 bits per heavy atom. The summed E-state index contributed by atoms with van der Waals surface area (Å²) in [6, 6.07) is 2.53. The maximum absolute atomic E-state index is 5.56. The topological polar surface area (TPSA) is 34.1 Å². The van der Waals surface area contributed by atoms with E-state index in [2.05, 4.69) is 30.3 Å². The van der Waals surface area contributed by atoms with Crippen molar-refractivity contribution in [1.82, 2.24) is 10.3 Å². The number of hydrogen-bond acceptors (Lipinski definition) is 3. The van der Waals surface area contributed by atoms with Crippen molar-refractivity contribution in [3.05, 3.63) is 24.0 Å². The van der Waals surface area contributed by atoms with Gasteiger partial charge in [-0.3, -0.25) is 4.98 Å². The third-order valence-corrected chi connectivity index (χ3v) is 4.16. The molecule has 3 unspecified atom stereocenters. The first-order chi connectivity index (χ1) is 9.24. The van der Waals surface area contributed by atoms with Gasteiger partial charge >= 0.3 is 0 Å². The number of hydrogen-bond donors (Lipinski definition) is 1.